The molecular formula is C99H103F13N10O10S. The van der Waals surface area contributed by atoms with Crippen molar-refractivity contribution in [3.05, 3.63) is 339 Å². The zero-order valence-electron chi connectivity index (χ0n) is 75.3. The van der Waals surface area contributed by atoms with E-state index in [4.69, 9.17) is 10.5 Å². The lowest BCUT2D eigenvalue weighted by Crippen LogP contribution is -2.52. The summed E-state index contributed by atoms with van der Waals surface area (Å²) in [6.07, 6.45) is 5.36. The molecule has 4 unspecified atom stereocenters. The number of urea groups is 4. The number of halogens is 13. The summed E-state index contributed by atoms with van der Waals surface area (Å²) >= 11 is 0. The van der Waals surface area contributed by atoms with E-state index >= 15 is 0 Å². The number of hydrogen-bond donors (Lipinski definition) is 2. The number of sulfonamides is 1. The van der Waals surface area contributed by atoms with E-state index in [2.05, 4.69) is 0 Å². The number of nitrogens with zero attached hydrogens (tertiary/aromatic N) is 9. The van der Waals surface area contributed by atoms with Crippen LogP contribution in [0, 0.1) is 46.5 Å². The number of carbonyl (C=O) groups excluding carboxylic acids is 6. The van der Waals surface area contributed by atoms with Gasteiger partial charge in [0, 0.05) is 124 Å². The van der Waals surface area contributed by atoms with Crippen LogP contribution < -0.4 is 5.73 Å². The molecule has 706 valence electrons. The van der Waals surface area contributed by atoms with E-state index in [0.717, 1.165) is 78.4 Å². The number of benzene rings is 9. The maximum absolute atomic E-state index is 14.7. The van der Waals surface area contributed by atoms with Crippen molar-refractivity contribution < 1.29 is 104 Å². The van der Waals surface area contributed by atoms with Crippen molar-refractivity contribution in [3.63, 3.8) is 0 Å². The van der Waals surface area contributed by atoms with Gasteiger partial charge >= 0.3 is 30.1 Å². The molecule has 0 bridgehead atoms. The Labute approximate surface area is 763 Å². The van der Waals surface area contributed by atoms with E-state index in [9.17, 15) is 99.5 Å². The van der Waals surface area contributed by atoms with Gasteiger partial charge in [0.2, 0.25) is 0 Å². The van der Waals surface area contributed by atoms with Crippen LogP contribution in [0.4, 0.5) is 76.3 Å². The molecule has 5 aliphatic rings. The molecule has 34 heteroatoms. The lowest BCUT2D eigenvalue weighted by atomic mass is 9.83. The van der Waals surface area contributed by atoms with E-state index in [1.807, 2.05) is 30.3 Å². The third kappa shape index (κ3) is 22.4. The van der Waals surface area contributed by atoms with Gasteiger partial charge < -0.3 is 54.8 Å². The number of aldehydes is 1. The van der Waals surface area contributed by atoms with E-state index in [1.54, 1.807) is 169 Å². The number of fused-ring (bicyclic) bond motifs is 1. The number of rotatable bonds is 18. The highest BCUT2D eigenvalue weighted by atomic mass is 32.2. The summed E-state index contributed by atoms with van der Waals surface area (Å²) in [7, 11) is 8.43. The summed E-state index contributed by atoms with van der Waals surface area (Å²) < 4.78 is 213. The number of hydrogen-bond acceptors (Lipinski definition) is 11. The molecule has 133 heavy (non-hydrogen) atoms. The Morgan fingerprint density at radius 3 is 1.07 bits per heavy atom. The second-order valence-corrected chi connectivity index (χ2v) is 36.4. The van der Waals surface area contributed by atoms with Gasteiger partial charge in [-0.25, -0.2) is 80.3 Å². The Hall–Kier alpha value is -12.9. The van der Waals surface area contributed by atoms with Gasteiger partial charge in [0.05, 0.1) is 33.6 Å². The zero-order valence-corrected chi connectivity index (χ0v) is 76.1. The van der Waals surface area contributed by atoms with Gasteiger partial charge in [0.25, 0.3) is 21.9 Å². The molecule has 5 aliphatic heterocycles. The number of carbonyl (C=O) groups is 6. The third-order valence-electron chi connectivity index (χ3n) is 22.8. The number of nitrogens with two attached hydrogens (primary N) is 1. The Bertz CT molecular complexity index is 5860. The topological polar surface area (TPSA) is 221 Å². The van der Waals surface area contributed by atoms with Gasteiger partial charge in [-0.05, 0) is 199 Å². The van der Waals surface area contributed by atoms with Crippen molar-refractivity contribution >= 4 is 68.7 Å². The Kier molecular flexibility index (Phi) is 31.6. The van der Waals surface area contributed by atoms with E-state index in [-0.39, 0.29) is 87.9 Å². The highest BCUT2D eigenvalue weighted by molar-refractivity contribution is 7.89. The van der Waals surface area contributed by atoms with Crippen LogP contribution in [0.3, 0.4) is 0 Å². The highest BCUT2D eigenvalue weighted by Crippen LogP contribution is 2.52. The van der Waals surface area contributed by atoms with Crippen LogP contribution in [0.2, 0.25) is 0 Å². The average molecular weight is 1870 g/mol. The second kappa shape index (κ2) is 41.1. The summed E-state index contributed by atoms with van der Waals surface area (Å²) in [5, 5.41) is 9.22. The Morgan fingerprint density at radius 2 is 0.737 bits per heavy atom. The van der Waals surface area contributed by atoms with Crippen LogP contribution in [0.25, 0.3) is 22.3 Å². The molecule has 0 saturated carbocycles. The van der Waals surface area contributed by atoms with Gasteiger partial charge in [0.1, 0.15) is 64.3 Å². The molecule has 9 aromatic carbocycles. The largest absolute Gasteiger partial charge is 0.460 e. The molecule has 0 saturated heterocycles. The number of amides is 8. The number of ether oxygens (including phenoxy) is 1. The smallest absolute Gasteiger partial charge is 0.321 e. The molecule has 3 N–H and O–H groups in total. The number of aliphatic hydroxyl groups is 1. The van der Waals surface area contributed by atoms with Crippen LogP contribution in [-0.4, -0.2) is 207 Å². The molecule has 4 atom stereocenters. The van der Waals surface area contributed by atoms with E-state index < -0.39 is 152 Å². The van der Waals surface area contributed by atoms with Crippen LogP contribution in [0.5, 0.6) is 0 Å². The summed E-state index contributed by atoms with van der Waals surface area (Å²) in [6, 6.07) is 51.3. The standard InChI is InChI=1S/C26H30F2N2O3.C22H23F4N3O.C22H22F4N2O2.C20H18F2N2O2.C9H10FNO2S/c1-25(2,3)33-23(31)13-14-26(19-9-7-6-8-10-19)16-18(17-30(26)24(32)29(4)5)21-15-20(27)11-12-22(21)28;1-28(2)20(30)29-12-15(18-10-17(23)8-9-19(18)24)11-21(29,13-22(25,26)14-27)16-6-4-3-5-7-16;1-27(2)20(30)28-12-15(18-10-17(23)8-9-19(18)24)11-21(28,13-22(25,26)14-29)16-6-4-3-5-7-16;1-23(2)19(26)24-12-14(17-10-16(21)8-9-18(17)22)11-20(24,13-25)15-6-4-3-5-7-15;1-9(2)7-5-3-4-6-8(7)14(12,13)11(9)10/h6-12,15-16H,13-14,17H2,1-5H3;3-11H,12-14,27H2,1-2H3;3-11,29H,12-14H2,1-2H3;3-11,13H,12H2,1-2H3;3-6H,1-2H3. The number of esters is 1. The minimum Gasteiger partial charge on any atom is -0.460 e. The van der Waals surface area contributed by atoms with Gasteiger partial charge in [-0.3, -0.25) is 9.59 Å². The number of aliphatic hydroxyl groups excluding tert-OH is 1. The highest BCUT2D eigenvalue weighted by Gasteiger charge is 2.55. The van der Waals surface area contributed by atoms with E-state index in [0.29, 0.717) is 39.7 Å². The molecule has 20 nitrogen and oxygen atoms in total. The van der Waals surface area contributed by atoms with Crippen molar-refractivity contribution in [2.24, 2.45) is 5.73 Å². The summed E-state index contributed by atoms with van der Waals surface area (Å²) in [6.45, 7) is 5.82. The molecule has 0 fully saturated rings. The summed E-state index contributed by atoms with van der Waals surface area (Å²) in [4.78, 5) is 87.5. The number of alkyl halides is 4. The minimum absolute atomic E-state index is 0.00891. The molecule has 8 amide bonds. The van der Waals surface area contributed by atoms with Crippen LogP contribution in [-0.2, 0) is 52.0 Å². The Balaban J connectivity index is 0.000000175. The van der Waals surface area contributed by atoms with Gasteiger partial charge in [-0.1, -0.05) is 140 Å². The quantitative estimate of drug-likeness (QED) is 0.0356. The van der Waals surface area contributed by atoms with Crippen molar-refractivity contribution in [1.29, 1.82) is 0 Å². The predicted molar refractivity (Wildman–Crippen MR) is 479 cm³/mol. The summed E-state index contributed by atoms with van der Waals surface area (Å²) in [5.74, 6) is -12.3. The molecule has 0 radical (unpaired) electrons. The fourth-order valence-corrected chi connectivity index (χ4v) is 18.2. The van der Waals surface area contributed by atoms with Crippen LogP contribution in [0.1, 0.15) is 110 Å². The minimum atomic E-state index is -3.93. The molecule has 14 rings (SSSR count). The van der Waals surface area contributed by atoms with Crippen molar-refractivity contribution in [3.8, 4) is 0 Å². The van der Waals surface area contributed by atoms with Crippen molar-refractivity contribution in [1.82, 2.24) is 43.7 Å². The fraction of sp³-hybridized carbons (Fsp3) is 0.313. The first kappa shape index (κ1) is 102. The first-order valence-corrected chi connectivity index (χ1v) is 43.2. The first-order chi connectivity index (χ1) is 62.4. The first-order valence-electron chi connectivity index (χ1n) is 41.8. The van der Waals surface area contributed by atoms with Crippen molar-refractivity contribution in [2.75, 3.05) is 95.7 Å². The lowest BCUT2D eigenvalue weighted by Gasteiger charge is -2.41. The monoisotopic (exact) mass is 1870 g/mol. The van der Waals surface area contributed by atoms with Gasteiger partial charge in [0.15, 0.2) is 6.29 Å². The summed E-state index contributed by atoms with van der Waals surface area (Å²) in [5.41, 5.74) is 1.85. The van der Waals surface area contributed by atoms with Crippen LogP contribution >= 0.6 is 0 Å². The van der Waals surface area contributed by atoms with Gasteiger partial charge in [-0.2, -0.15) is 0 Å². The molecule has 9 aromatic rings. The van der Waals surface area contributed by atoms with Crippen LogP contribution in [0.15, 0.2) is 248 Å². The fourth-order valence-electron chi connectivity index (χ4n) is 16.5. The molecule has 0 spiro atoms. The normalized spacial score (nSPS) is 19.3. The van der Waals surface area contributed by atoms with Gasteiger partial charge in [-0.15, -0.1) is 4.48 Å². The third-order valence-corrected chi connectivity index (χ3v) is 24.6. The Morgan fingerprint density at radius 1 is 0.436 bits per heavy atom. The molecule has 0 aromatic heterocycles. The van der Waals surface area contributed by atoms with Crippen molar-refractivity contribution in [2.45, 2.75) is 110 Å². The molecular weight excluding hydrogens is 1770 g/mol. The van der Waals surface area contributed by atoms with E-state index in [1.165, 1.54) is 101 Å². The molecule has 0 aliphatic carbocycles. The maximum atomic E-state index is 14.7. The average Bonchev–Trinajstić information content (AvgIpc) is 1.59. The second-order valence-electron chi connectivity index (χ2n) is 34.7. The predicted octanol–water partition coefficient (Wildman–Crippen LogP) is 19.1. The SMILES string of the molecule is CC1(C)c2ccccc2S(=O)(=O)N1F.CN(C)C(=O)N1CC(c2cc(F)ccc2F)=CC1(C=O)c1ccccc1.CN(C)C(=O)N1CC(c2cc(F)ccc2F)=CC1(CC(F)(F)CN)c1ccccc1.CN(C)C(=O)N1CC(c2cc(F)ccc2F)=CC1(CC(F)(F)CO)c1ccccc1.CN(C)C(=O)N1CC(c2cc(F)ccc2F)=CC1(CCC(=O)OC(C)(C)C)c1ccccc1. The zero-order chi connectivity index (χ0) is 98.1. The molecule has 5 heterocycles. The maximum Gasteiger partial charge on any atom is 0.321 e. The lowest BCUT2D eigenvalue weighted by molar-refractivity contribution is -0.155.